The Morgan fingerprint density at radius 2 is 0.651 bits per heavy atom. The van der Waals surface area contributed by atoms with Crippen molar-refractivity contribution in [2.75, 3.05) is 13.2 Å². The summed E-state index contributed by atoms with van der Waals surface area (Å²) in [5.41, 5.74) is 0. The normalized spacial score (nSPS) is 13.1. The van der Waals surface area contributed by atoms with Crippen LogP contribution in [0.15, 0.2) is 122 Å². The van der Waals surface area contributed by atoms with E-state index in [1.165, 1.54) is 64.2 Å². The minimum atomic E-state index is -0.842. The fourth-order valence-electron chi connectivity index (χ4n) is 6.11. The monoisotopic (exact) mass is 871 g/mol. The predicted molar refractivity (Wildman–Crippen MR) is 269 cm³/mol. The number of esters is 3. The van der Waals surface area contributed by atoms with Gasteiger partial charge >= 0.3 is 17.9 Å². The summed E-state index contributed by atoms with van der Waals surface area (Å²) in [6.07, 6.45) is 69.1. The van der Waals surface area contributed by atoms with Crippen molar-refractivity contribution >= 4 is 17.9 Å². The molecular weight excluding hydrogens is 781 g/mol. The molecule has 0 fully saturated rings. The first kappa shape index (κ1) is 58.8. The van der Waals surface area contributed by atoms with Crippen LogP contribution in [-0.2, 0) is 28.6 Å². The lowest BCUT2D eigenvalue weighted by Crippen LogP contribution is -2.30. The van der Waals surface area contributed by atoms with Gasteiger partial charge in [-0.1, -0.05) is 187 Å². The van der Waals surface area contributed by atoms with Crippen LogP contribution in [0.5, 0.6) is 0 Å². The Morgan fingerprint density at radius 1 is 0.333 bits per heavy atom. The Bertz CT molecular complexity index is 1370. The maximum Gasteiger partial charge on any atom is 0.306 e. The van der Waals surface area contributed by atoms with Crippen molar-refractivity contribution in [3.8, 4) is 0 Å². The number of unbranched alkanes of at least 4 members (excludes halogenated alkanes) is 13. The van der Waals surface area contributed by atoms with Gasteiger partial charge in [0.2, 0.25) is 0 Å². The van der Waals surface area contributed by atoms with E-state index in [2.05, 4.69) is 142 Å². The average molecular weight is 871 g/mol. The molecule has 0 aromatic rings. The Morgan fingerprint density at radius 3 is 1.06 bits per heavy atom. The molecule has 0 rings (SSSR count). The lowest BCUT2D eigenvalue weighted by Gasteiger charge is -2.18. The molecule has 0 aromatic heterocycles. The molecule has 63 heavy (non-hydrogen) atoms. The number of rotatable bonds is 43. The molecule has 6 nitrogen and oxygen atoms in total. The van der Waals surface area contributed by atoms with Gasteiger partial charge < -0.3 is 14.2 Å². The van der Waals surface area contributed by atoms with E-state index in [0.29, 0.717) is 19.3 Å². The molecule has 354 valence electrons. The van der Waals surface area contributed by atoms with E-state index in [1.54, 1.807) is 0 Å². The second kappa shape index (κ2) is 50.5. The fourth-order valence-corrected chi connectivity index (χ4v) is 6.11. The molecule has 0 saturated heterocycles. The number of hydrogen-bond donors (Lipinski definition) is 0. The molecule has 0 saturated carbocycles. The van der Waals surface area contributed by atoms with Gasteiger partial charge in [-0.25, -0.2) is 0 Å². The molecule has 0 N–H and O–H groups in total. The maximum absolute atomic E-state index is 12.8. The highest BCUT2D eigenvalue weighted by molar-refractivity contribution is 5.71. The fraction of sp³-hybridized carbons (Fsp3) is 0.596. The Balaban J connectivity index is 4.61. The molecular formula is C57H90O6. The highest BCUT2D eigenvalue weighted by Gasteiger charge is 2.19. The Kier molecular flexibility index (Phi) is 47.1. The van der Waals surface area contributed by atoms with Gasteiger partial charge in [0.1, 0.15) is 13.2 Å². The topological polar surface area (TPSA) is 78.9 Å². The summed E-state index contributed by atoms with van der Waals surface area (Å²) in [5.74, 6) is -1.09. The summed E-state index contributed by atoms with van der Waals surface area (Å²) in [5, 5.41) is 0. The molecule has 0 aliphatic carbocycles. The van der Waals surface area contributed by atoms with Crippen molar-refractivity contribution in [1.29, 1.82) is 0 Å². The van der Waals surface area contributed by atoms with E-state index < -0.39 is 12.1 Å². The molecule has 0 heterocycles. The molecule has 0 bridgehead atoms. The Labute approximate surface area is 386 Å². The van der Waals surface area contributed by atoms with E-state index in [1.807, 2.05) is 0 Å². The molecule has 6 heteroatoms. The van der Waals surface area contributed by atoms with Crippen LogP contribution in [0.3, 0.4) is 0 Å². The van der Waals surface area contributed by atoms with Crippen LogP contribution < -0.4 is 0 Å². The number of carbonyl (C=O) groups is 3. The molecule has 0 radical (unpaired) electrons. The van der Waals surface area contributed by atoms with Crippen LogP contribution in [0.25, 0.3) is 0 Å². The highest BCUT2D eigenvalue weighted by Crippen LogP contribution is 2.10. The van der Waals surface area contributed by atoms with Gasteiger partial charge in [-0.3, -0.25) is 14.4 Å². The molecule has 0 spiro atoms. The van der Waals surface area contributed by atoms with Crippen molar-refractivity contribution in [3.05, 3.63) is 122 Å². The summed E-state index contributed by atoms with van der Waals surface area (Å²) in [6.45, 7) is 6.38. The minimum absolute atomic E-state index is 0.135. The van der Waals surface area contributed by atoms with E-state index in [-0.39, 0.29) is 38.0 Å². The number of carbonyl (C=O) groups excluding carboxylic acids is 3. The predicted octanol–water partition coefficient (Wildman–Crippen LogP) is 16.5. The van der Waals surface area contributed by atoms with E-state index in [4.69, 9.17) is 14.2 Å². The van der Waals surface area contributed by atoms with Crippen LogP contribution in [0, 0.1) is 0 Å². The first-order valence-corrected chi connectivity index (χ1v) is 25.1. The second-order valence-electron chi connectivity index (χ2n) is 16.0. The van der Waals surface area contributed by atoms with Crippen LogP contribution in [0.1, 0.15) is 201 Å². The van der Waals surface area contributed by atoms with Crippen molar-refractivity contribution < 1.29 is 28.6 Å². The summed E-state index contributed by atoms with van der Waals surface area (Å²) in [4.78, 5) is 37.9. The third-order valence-corrected chi connectivity index (χ3v) is 9.94. The van der Waals surface area contributed by atoms with Crippen LogP contribution in [0.4, 0.5) is 0 Å². The lowest BCUT2D eigenvalue weighted by atomic mass is 10.1. The Hall–Kier alpha value is -4.19. The van der Waals surface area contributed by atoms with Gasteiger partial charge in [0.25, 0.3) is 0 Å². The van der Waals surface area contributed by atoms with Crippen LogP contribution in [-0.4, -0.2) is 37.2 Å². The van der Waals surface area contributed by atoms with Crippen LogP contribution in [0.2, 0.25) is 0 Å². The summed E-state index contributed by atoms with van der Waals surface area (Å²) >= 11 is 0. The third-order valence-electron chi connectivity index (χ3n) is 9.94. The zero-order valence-electron chi connectivity index (χ0n) is 40.3. The average Bonchev–Trinajstić information content (AvgIpc) is 3.28. The smallest absolute Gasteiger partial charge is 0.306 e. The van der Waals surface area contributed by atoms with Crippen LogP contribution >= 0.6 is 0 Å². The molecule has 1 atom stereocenters. The number of ether oxygens (including phenoxy) is 3. The molecule has 0 amide bonds. The summed E-state index contributed by atoms with van der Waals surface area (Å²) in [7, 11) is 0. The quantitative estimate of drug-likeness (QED) is 0.0200. The van der Waals surface area contributed by atoms with Crippen molar-refractivity contribution in [2.24, 2.45) is 0 Å². The molecule has 1 unspecified atom stereocenters. The van der Waals surface area contributed by atoms with Crippen molar-refractivity contribution in [2.45, 2.75) is 207 Å². The third kappa shape index (κ3) is 48.7. The van der Waals surface area contributed by atoms with Gasteiger partial charge in [-0.05, 0) is 116 Å². The van der Waals surface area contributed by atoms with E-state index >= 15 is 0 Å². The first-order chi connectivity index (χ1) is 31.0. The maximum atomic E-state index is 12.8. The first-order valence-electron chi connectivity index (χ1n) is 25.1. The zero-order chi connectivity index (χ0) is 45.8. The second-order valence-corrected chi connectivity index (χ2v) is 16.0. The largest absolute Gasteiger partial charge is 0.462 e. The summed E-state index contributed by atoms with van der Waals surface area (Å²) < 4.78 is 16.6. The van der Waals surface area contributed by atoms with Crippen molar-refractivity contribution in [1.82, 2.24) is 0 Å². The SMILES string of the molecule is CCCC/C=C\C=C/CCCCCC(=O)OCC(COC(=O)CCC/C=C\C/C=C\C/C=C\C/C=C\CCCCC)OC(=O)CCC/C=C\C/C=C\C/C=C\C/C=C\CCCCC. The molecule has 0 aliphatic heterocycles. The van der Waals surface area contributed by atoms with Crippen molar-refractivity contribution in [3.63, 3.8) is 0 Å². The van der Waals surface area contributed by atoms with E-state index in [0.717, 1.165) is 83.5 Å². The standard InChI is InChI=1S/C57H90O6/c1-4-7-10-13-16-19-22-24-26-28-30-32-35-38-41-44-47-50-56(59)62-53-54(52-61-55(58)49-46-43-40-37-34-21-18-15-12-9-6-3)63-57(60)51-48-45-42-39-36-33-31-29-27-25-23-20-17-14-11-8-5-2/h15-21,24-27,30-34,38-39,41-42,54H,4-14,22-23,28-29,35-37,40,43-53H2,1-3H3/b18-15-,19-16-,20-17-,26-24-,27-25-,32-30-,33-31-,34-21-,41-38-,42-39-. The molecule has 0 aliphatic rings. The van der Waals surface area contributed by atoms with Gasteiger partial charge in [0.05, 0.1) is 0 Å². The van der Waals surface area contributed by atoms with Gasteiger partial charge in [0.15, 0.2) is 6.10 Å². The van der Waals surface area contributed by atoms with Gasteiger partial charge in [-0.15, -0.1) is 0 Å². The number of hydrogen-bond acceptors (Lipinski definition) is 6. The number of allylic oxidation sites excluding steroid dienone is 20. The van der Waals surface area contributed by atoms with E-state index in [9.17, 15) is 14.4 Å². The lowest BCUT2D eigenvalue weighted by molar-refractivity contribution is -0.167. The zero-order valence-corrected chi connectivity index (χ0v) is 40.3. The highest BCUT2D eigenvalue weighted by atomic mass is 16.6. The summed E-state index contributed by atoms with van der Waals surface area (Å²) in [6, 6.07) is 0. The molecule has 0 aromatic carbocycles. The van der Waals surface area contributed by atoms with Gasteiger partial charge in [-0.2, -0.15) is 0 Å². The minimum Gasteiger partial charge on any atom is -0.462 e. The van der Waals surface area contributed by atoms with Gasteiger partial charge in [0, 0.05) is 19.3 Å².